The van der Waals surface area contributed by atoms with Gasteiger partial charge in [0.25, 0.3) is 5.91 Å². The van der Waals surface area contributed by atoms with Crippen molar-refractivity contribution in [3.63, 3.8) is 0 Å². The minimum absolute atomic E-state index is 0.0251. The molecule has 0 heterocycles. The Morgan fingerprint density at radius 3 is 2.35 bits per heavy atom. The number of nitrogens with two attached hydrogens (primary N) is 1. The summed E-state index contributed by atoms with van der Waals surface area (Å²) in [6.45, 7) is 5.22. The smallest absolute Gasteiger partial charge is 0.260 e. The topological polar surface area (TPSA) is 64.3 Å². The molecule has 6 heteroatoms. The van der Waals surface area contributed by atoms with E-state index in [2.05, 4.69) is 5.32 Å². The Bertz CT molecular complexity index is 457. The highest BCUT2D eigenvalue weighted by molar-refractivity contribution is 5.80. The van der Waals surface area contributed by atoms with Crippen LogP contribution in [-0.2, 0) is 11.3 Å². The first-order valence-electron chi connectivity index (χ1n) is 6.54. The fourth-order valence-electron chi connectivity index (χ4n) is 1.54. The number of halogens is 2. The number of ether oxygens (including phenoxy) is 1. The van der Waals surface area contributed by atoms with Gasteiger partial charge in [-0.05, 0) is 38.0 Å². The normalized spacial score (nSPS) is 13.7. The predicted molar refractivity (Wildman–Crippen MR) is 72.2 cm³/mol. The lowest BCUT2D eigenvalue weighted by Crippen LogP contribution is -2.41. The summed E-state index contributed by atoms with van der Waals surface area (Å²) in [6.07, 6.45) is -0.233. The molecular weight excluding hydrogens is 266 g/mol. The van der Waals surface area contributed by atoms with Gasteiger partial charge in [0.05, 0.1) is 0 Å². The van der Waals surface area contributed by atoms with Crippen molar-refractivity contribution in [1.82, 2.24) is 5.32 Å². The Hall–Kier alpha value is -1.69. The first kappa shape index (κ1) is 16.4. The number of hydrogen-bond donors (Lipinski definition) is 2. The van der Waals surface area contributed by atoms with Crippen LogP contribution in [0.2, 0.25) is 0 Å². The van der Waals surface area contributed by atoms with Crippen molar-refractivity contribution in [2.75, 3.05) is 0 Å². The van der Waals surface area contributed by atoms with Gasteiger partial charge in [0.2, 0.25) is 0 Å². The Morgan fingerprint density at radius 2 is 1.90 bits per heavy atom. The van der Waals surface area contributed by atoms with Crippen molar-refractivity contribution in [3.05, 3.63) is 29.3 Å². The van der Waals surface area contributed by atoms with Crippen LogP contribution < -0.4 is 15.8 Å². The highest BCUT2D eigenvalue weighted by Gasteiger charge is 2.20. The van der Waals surface area contributed by atoms with Crippen LogP contribution in [0.4, 0.5) is 8.78 Å². The molecule has 2 atom stereocenters. The fraction of sp³-hybridized carbons (Fsp3) is 0.500. The lowest BCUT2D eigenvalue weighted by Gasteiger charge is -2.18. The molecular formula is C14H20F2N2O2. The van der Waals surface area contributed by atoms with Gasteiger partial charge in [-0.2, -0.15) is 0 Å². The maximum Gasteiger partial charge on any atom is 0.260 e. The predicted octanol–water partition coefficient (Wildman–Crippen LogP) is 2.11. The molecule has 1 amide bonds. The molecule has 0 spiro atoms. The van der Waals surface area contributed by atoms with E-state index in [0.717, 1.165) is 18.6 Å². The van der Waals surface area contributed by atoms with Gasteiger partial charge in [0.15, 0.2) is 23.5 Å². The summed E-state index contributed by atoms with van der Waals surface area (Å²) in [4.78, 5) is 11.8. The number of amides is 1. The van der Waals surface area contributed by atoms with Crippen LogP contribution in [0.25, 0.3) is 0 Å². The van der Waals surface area contributed by atoms with Crippen molar-refractivity contribution in [1.29, 1.82) is 0 Å². The largest absolute Gasteiger partial charge is 0.475 e. The Kier molecular flexibility index (Phi) is 5.88. The number of rotatable bonds is 6. The SMILES string of the molecule is CCC(C)NC(=O)C(C)Oc1c(F)cc(CN)cc1F. The molecule has 1 aromatic carbocycles. The van der Waals surface area contributed by atoms with Crippen molar-refractivity contribution in [2.45, 2.75) is 45.9 Å². The monoisotopic (exact) mass is 286 g/mol. The molecule has 3 N–H and O–H groups in total. The molecule has 112 valence electrons. The zero-order valence-corrected chi connectivity index (χ0v) is 11.9. The molecule has 0 saturated carbocycles. The van der Waals surface area contributed by atoms with Crippen LogP contribution in [0.1, 0.15) is 32.8 Å². The van der Waals surface area contributed by atoms with Gasteiger partial charge in [-0.25, -0.2) is 8.78 Å². The van der Waals surface area contributed by atoms with Crippen LogP contribution in [0.3, 0.4) is 0 Å². The summed E-state index contributed by atoms with van der Waals surface area (Å²) >= 11 is 0. The fourth-order valence-corrected chi connectivity index (χ4v) is 1.54. The summed E-state index contributed by atoms with van der Waals surface area (Å²) in [6, 6.07) is 2.16. The zero-order chi connectivity index (χ0) is 15.3. The molecule has 0 fully saturated rings. The zero-order valence-electron chi connectivity index (χ0n) is 11.9. The van der Waals surface area contributed by atoms with E-state index in [9.17, 15) is 13.6 Å². The van der Waals surface area contributed by atoms with E-state index < -0.39 is 29.4 Å². The second kappa shape index (κ2) is 7.19. The van der Waals surface area contributed by atoms with Crippen LogP contribution in [0.15, 0.2) is 12.1 Å². The maximum absolute atomic E-state index is 13.7. The molecule has 0 saturated heterocycles. The van der Waals surface area contributed by atoms with E-state index in [-0.39, 0.29) is 12.6 Å². The van der Waals surface area contributed by atoms with Crippen LogP contribution >= 0.6 is 0 Å². The van der Waals surface area contributed by atoms with Gasteiger partial charge in [0, 0.05) is 12.6 Å². The third-order valence-electron chi connectivity index (χ3n) is 2.96. The summed E-state index contributed by atoms with van der Waals surface area (Å²) in [5.41, 5.74) is 5.64. The van der Waals surface area contributed by atoms with Gasteiger partial charge in [-0.15, -0.1) is 0 Å². The van der Waals surface area contributed by atoms with Gasteiger partial charge in [-0.3, -0.25) is 4.79 Å². The number of carbonyl (C=O) groups is 1. The first-order chi connectivity index (χ1) is 9.38. The number of nitrogens with one attached hydrogen (secondary N) is 1. The molecule has 20 heavy (non-hydrogen) atoms. The highest BCUT2D eigenvalue weighted by atomic mass is 19.1. The number of carbonyl (C=O) groups excluding carboxylic acids is 1. The lowest BCUT2D eigenvalue weighted by atomic mass is 10.2. The molecule has 0 aliphatic rings. The van der Waals surface area contributed by atoms with Crippen molar-refractivity contribution in [2.24, 2.45) is 5.73 Å². The molecule has 2 unspecified atom stereocenters. The van der Waals surface area contributed by atoms with E-state index in [1.54, 1.807) is 0 Å². The van der Waals surface area contributed by atoms with Crippen molar-refractivity contribution < 1.29 is 18.3 Å². The summed E-state index contributed by atoms with van der Waals surface area (Å²) in [7, 11) is 0. The Balaban J connectivity index is 2.80. The molecule has 0 aliphatic heterocycles. The van der Waals surface area contributed by atoms with Crippen molar-refractivity contribution in [3.8, 4) is 5.75 Å². The molecule has 0 aromatic heterocycles. The van der Waals surface area contributed by atoms with Crippen LogP contribution in [0, 0.1) is 11.6 Å². The molecule has 1 rings (SSSR count). The Labute approximate surface area is 117 Å². The van der Waals surface area contributed by atoms with Gasteiger partial charge in [-0.1, -0.05) is 6.92 Å². The van der Waals surface area contributed by atoms with E-state index in [4.69, 9.17) is 10.5 Å². The quantitative estimate of drug-likeness (QED) is 0.841. The summed E-state index contributed by atoms with van der Waals surface area (Å²) in [5.74, 6) is -2.71. The molecule has 4 nitrogen and oxygen atoms in total. The van der Waals surface area contributed by atoms with Crippen molar-refractivity contribution >= 4 is 5.91 Å². The molecule has 0 bridgehead atoms. The summed E-state index contributed by atoms with van der Waals surface area (Å²) in [5, 5.41) is 2.68. The molecule has 0 radical (unpaired) electrons. The standard InChI is InChI=1S/C14H20F2N2O2/c1-4-8(2)18-14(19)9(3)20-13-11(15)5-10(7-17)6-12(13)16/h5-6,8-9H,4,7,17H2,1-3H3,(H,18,19). The van der Waals surface area contributed by atoms with Gasteiger partial charge in [0.1, 0.15) is 0 Å². The number of hydrogen-bond acceptors (Lipinski definition) is 3. The van der Waals surface area contributed by atoms with E-state index in [1.807, 2.05) is 13.8 Å². The third kappa shape index (κ3) is 4.16. The maximum atomic E-state index is 13.7. The minimum atomic E-state index is -0.989. The first-order valence-corrected chi connectivity index (χ1v) is 6.54. The molecule has 0 aliphatic carbocycles. The van der Waals surface area contributed by atoms with Gasteiger partial charge < -0.3 is 15.8 Å². The number of benzene rings is 1. The summed E-state index contributed by atoms with van der Waals surface area (Å²) < 4.78 is 32.5. The molecule has 1 aromatic rings. The average molecular weight is 286 g/mol. The Morgan fingerprint density at radius 1 is 1.35 bits per heavy atom. The van der Waals surface area contributed by atoms with Crippen LogP contribution in [0.5, 0.6) is 5.75 Å². The van der Waals surface area contributed by atoms with Gasteiger partial charge >= 0.3 is 0 Å². The second-order valence-electron chi connectivity index (χ2n) is 4.67. The lowest BCUT2D eigenvalue weighted by molar-refractivity contribution is -0.128. The van der Waals surface area contributed by atoms with E-state index in [1.165, 1.54) is 6.92 Å². The minimum Gasteiger partial charge on any atom is -0.475 e. The second-order valence-corrected chi connectivity index (χ2v) is 4.67. The third-order valence-corrected chi connectivity index (χ3v) is 2.96. The van der Waals surface area contributed by atoms with E-state index >= 15 is 0 Å². The highest BCUT2D eigenvalue weighted by Crippen LogP contribution is 2.24. The van der Waals surface area contributed by atoms with Crippen LogP contribution in [-0.4, -0.2) is 18.1 Å². The van der Waals surface area contributed by atoms with E-state index in [0.29, 0.717) is 5.56 Å². The average Bonchev–Trinajstić information content (AvgIpc) is 2.41.